The van der Waals surface area contributed by atoms with Gasteiger partial charge in [-0.1, -0.05) is 170 Å². The molecule has 4 aromatic rings. The molecule has 0 N–H and O–H groups in total. The topological polar surface area (TPSA) is 43.6 Å². The largest absolute Gasteiger partial charge is 0.240 e. The molecule has 11 rings (SSSR count). The Kier molecular flexibility index (Phi) is 10.4. The third-order valence-corrected chi connectivity index (χ3v) is 14.3. The molecule has 0 amide bonds. The molecule has 3 heterocycles. The molecule has 6 aliphatic carbocycles. The van der Waals surface area contributed by atoms with Crippen LogP contribution < -0.4 is 0 Å². The Balaban J connectivity index is 0.898. The lowest BCUT2D eigenvalue weighted by Crippen LogP contribution is -2.31. The summed E-state index contributed by atoms with van der Waals surface area (Å²) in [4.78, 5) is 10.7. The Labute approximate surface area is 361 Å². The van der Waals surface area contributed by atoms with Gasteiger partial charge < -0.3 is 0 Å². The summed E-state index contributed by atoms with van der Waals surface area (Å²) in [6.45, 7) is 0. The van der Waals surface area contributed by atoms with E-state index in [1.807, 2.05) is 0 Å². The second-order valence-corrected chi connectivity index (χ2v) is 17.9. The fraction of sp³-hybridized carbons (Fsp3) is 0.281. The lowest BCUT2D eigenvalue weighted by atomic mass is 9.69. The Morgan fingerprint density at radius 1 is 0.557 bits per heavy atom. The van der Waals surface area contributed by atoms with E-state index >= 15 is 0 Å². The van der Waals surface area contributed by atoms with Gasteiger partial charge in [0.1, 0.15) is 5.82 Å². The van der Waals surface area contributed by atoms with Crippen LogP contribution in [-0.4, -0.2) is 19.7 Å². The van der Waals surface area contributed by atoms with Crippen molar-refractivity contribution >= 4 is 16.8 Å². The van der Waals surface area contributed by atoms with E-state index in [1.54, 1.807) is 0 Å². The van der Waals surface area contributed by atoms with E-state index in [2.05, 4.69) is 187 Å². The molecule has 1 aliphatic heterocycles. The van der Waals surface area contributed by atoms with Gasteiger partial charge in [-0.25, -0.2) is 14.6 Å². The summed E-state index contributed by atoms with van der Waals surface area (Å²) in [5.41, 5.74) is 12.7. The fourth-order valence-corrected chi connectivity index (χ4v) is 11.1. The number of fused-ring (bicyclic) bond motifs is 3. The third-order valence-electron chi connectivity index (χ3n) is 14.3. The van der Waals surface area contributed by atoms with E-state index in [-0.39, 0.29) is 29.6 Å². The van der Waals surface area contributed by atoms with Crippen LogP contribution in [0.3, 0.4) is 0 Å². The van der Waals surface area contributed by atoms with Crippen molar-refractivity contribution in [3.8, 4) is 11.1 Å². The van der Waals surface area contributed by atoms with Crippen molar-refractivity contribution < 1.29 is 0 Å². The van der Waals surface area contributed by atoms with Crippen LogP contribution in [0.1, 0.15) is 97.6 Å². The maximum atomic E-state index is 5.37. The van der Waals surface area contributed by atoms with Crippen LogP contribution in [0, 0.1) is 29.6 Å². The highest BCUT2D eigenvalue weighted by Crippen LogP contribution is 2.52. The molecule has 0 radical (unpaired) electrons. The van der Waals surface area contributed by atoms with Gasteiger partial charge in [0.25, 0.3) is 0 Å². The minimum atomic E-state index is 0.222. The predicted molar refractivity (Wildman–Crippen MR) is 251 cm³/mol. The molecule has 0 saturated heterocycles. The Bertz CT molecular complexity index is 2640. The van der Waals surface area contributed by atoms with E-state index < -0.39 is 0 Å². The molecule has 8 unspecified atom stereocenters. The number of nitrogens with zero attached hydrogens (tertiary/aromatic N) is 4. The quantitative estimate of drug-likeness (QED) is 0.167. The average molecular weight is 795 g/mol. The smallest absolute Gasteiger partial charge is 0.136 e. The van der Waals surface area contributed by atoms with Crippen molar-refractivity contribution in [2.45, 2.75) is 69.1 Å². The lowest BCUT2D eigenvalue weighted by Gasteiger charge is -2.40. The molecule has 4 heteroatoms. The lowest BCUT2D eigenvalue weighted by molar-refractivity contribution is 0.406. The van der Waals surface area contributed by atoms with E-state index in [0.717, 1.165) is 50.0 Å². The summed E-state index contributed by atoms with van der Waals surface area (Å²) >= 11 is 0. The maximum absolute atomic E-state index is 5.37. The Hall–Kier alpha value is -6.13. The van der Waals surface area contributed by atoms with E-state index in [9.17, 15) is 0 Å². The first-order chi connectivity index (χ1) is 30.2. The zero-order valence-corrected chi connectivity index (χ0v) is 34.9. The van der Waals surface area contributed by atoms with Crippen LogP contribution in [0.25, 0.3) is 28.0 Å². The molecular weight excluding hydrogens is 741 g/mol. The van der Waals surface area contributed by atoms with Gasteiger partial charge in [-0.3, -0.25) is 0 Å². The van der Waals surface area contributed by atoms with Crippen LogP contribution in [0.2, 0.25) is 0 Å². The van der Waals surface area contributed by atoms with Crippen molar-refractivity contribution in [2.24, 2.45) is 29.6 Å². The number of rotatable bonds is 8. The zero-order valence-electron chi connectivity index (χ0n) is 34.9. The molecule has 7 aliphatic rings. The van der Waals surface area contributed by atoms with Crippen molar-refractivity contribution in [1.82, 2.24) is 19.7 Å². The first-order valence-corrected chi connectivity index (χ1v) is 22.9. The Morgan fingerprint density at radius 3 is 2.08 bits per heavy atom. The van der Waals surface area contributed by atoms with Crippen molar-refractivity contribution in [3.63, 3.8) is 0 Å². The predicted octanol–water partition coefficient (Wildman–Crippen LogP) is 13.7. The number of benzene rings is 2. The highest BCUT2D eigenvalue weighted by molar-refractivity contribution is 5.77. The molecule has 302 valence electrons. The van der Waals surface area contributed by atoms with Gasteiger partial charge in [-0.05, 0) is 97.1 Å². The van der Waals surface area contributed by atoms with Crippen LogP contribution >= 0.6 is 0 Å². The van der Waals surface area contributed by atoms with Crippen molar-refractivity contribution in [2.75, 3.05) is 0 Å². The van der Waals surface area contributed by atoms with Gasteiger partial charge in [0.2, 0.25) is 0 Å². The normalized spacial score (nSPS) is 28.7. The summed E-state index contributed by atoms with van der Waals surface area (Å²) in [6.07, 6.45) is 53.5. The maximum Gasteiger partial charge on any atom is 0.136 e. The minimum Gasteiger partial charge on any atom is -0.240 e. The van der Waals surface area contributed by atoms with E-state index in [1.165, 1.54) is 63.3 Å². The molecule has 0 bridgehead atoms. The van der Waals surface area contributed by atoms with Gasteiger partial charge in [0.15, 0.2) is 0 Å². The summed E-state index contributed by atoms with van der Waals surface area (Å²) in [7, 11) is 0. The fourth-order valence-electron chi connectivity index (χ4n) is 11.1. The van der Waals surface area contributed by atoms with Crippen LogP contribution in [0.5, 0.6) is 0 Å². The molecule has 2 aromatic carbocycles. The molecule has 8 atom stereocenters. The van der Waals surface area contributed by atoms with Crippen molar-refractivity contribution in [1.29, 1.82) is 0 Å². The molecule has 0 spiro atoms. The molecule has 4 nitrogen and oxygen atoms in total. The van der Waals surface area contributed by atoms with E-state index in [0.29, 0.717) is 17.8 Å². The highest BCUT2D eigenvalue weighted by atomic mass is 15.3. The van der Waals surface area contributed by atoms with Crippen LogP contribution in [-0.2, 0) is 0 Å². The third kappa shape index (κ3) is 7.41. The number of hydrogen-bond donors (Lipinski definition) is 0. The first-order valence-electron chi connectivity index (χ1n) is 22.9. The minimum absolute atomic E-state index is 0.222. The molecule has 61 heavy (non-hydrogen) atoms. The van der Waals surface area contributed by atoms with Gasteiger partial charge in [0.05, 0.1) is 23.3 Å². The number of hydrogen-bond acceptors (Lipinski definition) is 3. The van der Waals surface area contributed by atoms with Crippen LogP contribution in [0.15, 0.2) is 188 Å². The summed E-state index contributed by atoms with van der Waals surface area (Å²) in [6, 6.07) is 23.9. The van der Waals surface area contributed by atoms with Gasteiger partial charge in [0, 0.05) is 46.8 Å². The summed E-state index contributed by atoms with van der Waals surface area (Å²) in [5.74, 6) is 3.66. The highest BCUT2D eigenvalue weighted by Gasteiger charge is 2.41. The average Bonchev–Trinajstić information content (AvgIpc) is 3.80. The first kappa shape index (κ1) is 37.8. The SMILES string of the molecule is C1=CCC(C2=C(C3C=CC(c4cc(C5C=CC(C6C=CC(c7ccccc7)=CC6)CC5)nc(C5C=CCCC5)n4)=CC3)C3C=CC=CC3c3c(-c4ccccc4)cnn32)C=C1. The molecular formula is C57H54N4. The van der Waals surface area contributed by atoms with Crippen molar-refractivity contribution in [3.05, 3.63) is 216 Å². The summed E-state index contributed by atoms with van der Waals surface area (Å²) in [5, 5.41) is 5.21. The van der Waals surface area contributed by atoms with Crippen LogP contribution in [0.4, 0.5) is 0 Å². The summed E-state index contributed by atoms with van der Waals surface area (Å²) < 4.78 is 2.33. The number of aromatic nitrogens is 4. The monoisotopic (exact) mass is 794 g/mol. The zero-order chi connectivity index (χ0) is 40.5. The Morgan fingerprint density at radius 2 is 1.36 bits per heavy atom. The van der Waals surface area contributed by atoms with E-state index in [4.69, 9.17) is 15.1 Å². The second-order valence-electron chi connectivity index (χ2n) is 17.9. The number of allylic oxidation sites excluding steroid dienone is 22. The second kappa shape index (κ2) is 16.7. The van der Waals surface area contributed by atoms with Gasteiger partial charge >= 0.3 is 0 Å². The van der Waals surface area contributed by atoms with Gasteiger partial charge in [-0.2, -0.15) is 5.10 Å². The standard InChI is InChI=1S/C57H54N4/c1-5-15-39(16-6-1)40-25-27-41(28-26-40)42-29-31-44(32-30-42)52-37-53(60-57(59-52)48-21-11-4-12-22-48)45-33-35-46(36-34-45)54-49-23-13-14-24-50(49)56-51(43-17-7-2-8-18-43)38-58-61(56)55(54)47-19-9-3-10-20-47/h1-3,5-11,13-19,21,23-27,29,31,33-35,37-38,41-42,44,46-50H,4,12,20,22,28,30,32,36H2. The molecule has 2 aromatic heterocycles. The molecule has 0 saturated carbocycles. The molecule has 0 fully saturated rings. The van der Waals surface area contributed by atoms with Gasteiger partial charge in [-0.15, -0.1) is 0 Å².